The second kappa shape index (κ2) is 10.4. The number of piperazine rings is 1. The van der Waals surface area contributed by atoms with E-state index in [1.807, 2.05) is 9.80 Å². The summed E-state index contributed by atoms with van der Waals surface area (Å²) in [6, 6.07) is 4.97. The number of anilines is 1. The molecule has 2 heterocycles. The molecule has 0 saturated carbocycles. The maximum atomic E-state index is 14.9. The van der Waals surface area contributed by atoms with Gasteiger partial charge in [-0.25, -0.2) is 4.39 Å². The van der Waals surface area contributed by atoms with Crippen molar-refractivity contribution >= 4 is 23.4 Å². The highest BCUT2D eigenvalue weighted by Crippen LogP contribution is 2.25. The van der Waals surface area contributed by atoms with Crippen molar-refractivity contribution in [1.82, 2.24) is 4.90 Å². The quantitative estimate of drug-likeness (QED) is 0.395. The molecule has 2 fully saturated rings. The van der Waals surface area contributed by atoms with Crippen molar-refractivity contribution in [1.29, 1.82) is 5.41 Å². The van der Waals surface area contributed by atoms with E-state index in [1.54, 1.807) is 18.2 Å². The number of carbonyl (C=O) groups is 2. The summed E-state index contributed by atoms with van der Waals surface area (Å²) in [6.45, 7) is 3.44. The Morgan fingerprint density at radius 3 is 2.57 bits per heavy atom. The second-order valence-electron chi connectivity index (χ2n) is 7.74. The van der Waals surface area contributed by atoms with Crippen LogP contribution in [0.25, 0.3) is 0 Å². The molecular formula is C21H29FN4O4. The van der Waals surface area contributed by atoms with Crippen LogP contribution in [0, 0.1) is 17.1 Å². The summed E-state index contributed by atoms with van der Waals surface area (Å²) in [6.07, 6.45) is 2.10. The number of carbonyl (C=O) groups excluding carboxylic acids is 2. The van der Waals surface area contributed by atoms with E-state index >= 15 is 0 Å². The summed E-state index contributed by atoms with van der Waals surface area (Å²) in [5.74, 6) is -0.838. The Hall–Kier alpha value is -2.68. The van der Waals surface area contributed by atoms with Crippen molar-refractivity contribution in [3.8, 4) is 0 Å². The molecule has 0 aliphatic carbocycles. The molecule has 3 N–H and O–H groups in total. The number of rotatable bonds is 7. The Labute approximate surface area is 175 Å². The third-order valence-electron chi connectivity index (χ3n) is 5.56. The fourth-order valence-electron chi connectivity index (χ4n) is 3.81. The number of nitrogens with one attached hydrogen (secondary N) is 1. The van der Waals surface area contributed by atoms with Crippen LogP contribution in [0.15, 0.2) is 18.2 Å². The van der Waals surface area contributed by atoms with Crippen LogP contribution in [0.5, 0.6) is 0 Å². The van der Waals surface area contributed by atoms with Crippen LogP contribution in [0.3, 0.4) is 0 Å². The summed E-state index contributed by atoms with van der Waals surface area (Å²) >= 11 is 0. The van der Waals surface area contributed by atoms with Gasteiger partial charge in [0.15, 0.2) is 5.82 Å². The van der Waals surface area contributed by atoms with Gasteiger partial charge in [-0.05, 0) is 24.8 Å². The predicted octanol–water partition coefficient (Wildman–Crippen LogP) is 1.66. The molecule has 1 aromatic rings. The van der Waals surface area contributed by atoms with Gasteiger partial charge in [-0.3, -0.25) is 15.0 Å². The Morgan fingerprint density at radius 2 is 1.90 bits per heavy atom. The van der Waals surface area contributed by atoms with E-state index < -0.39 is 11.8 Å². The van der Waals surface area contributed by atoms with Crippen LogP contribution in [0.2, 0.25) is 0 Å². The summed E-state index contributed by atoms with van der Waals surface area (Å²) in [4.78, 5) is 27.9. The third-order valence-corrected chi connectivity index (χ3v) is 5.56. The zero-order chi connectivity index (χ0) is 21.5. The maximum absolute atomic E-state index is 14.9. The molecule has 1 aromatic carbocycles. The van der Waals surface area contributed by atoms with E-state index in [9.17, 15) is 14.0 Å². The molecule has 2 saturated heterocycles. The maximum Gasteiger partial charge on any atom is 0.313 e. The first kappa shape index (κ1) is 22.0. The minimum atomic E-state index is -0.663. The number of nitrogens with two attached hydrogens (primary N) is 1. The predicted molar refractivity (Wildman–Crippen MR) is 110 cm³/mol. The molecule has 0 bridgehead atoms. The highest BCUT2D eigenvalue weighted by atomic mass is 19.1. The Bertz CT molecular complexity index is 774. The van der Waals surface area contributed by atoms with E-state index in [0.29, 0.717) is 44.2 Å². The van der Waals surface area contributed by atoms with Crippen LogP contribution < -0.4 is 10.6 Å². The van der Waals surface area contributed by atoms with Crippen LogP contribution in [-0.4, -0.2) is 62.0 Å². The van der Waals surface area contributed by atoms with E-state index in [0.717, 1.165) is 26.1 Å². The molecule has 2 aliphatic rings. The molecule has 0 spiro atoms. The first-order valence-electron chi connectivity index (χ1n) is 10.3. The third kappa shape index (κ3) is 5.91. The fourth-order valence-corrected chi connectivity index (χ4v) is 3.81. The lowest BCUT2D eigenvalue weighted by Crippen LogP contribution is -2.49. The Kier molecular flexibility index (Phi) is 7.62. The van der Waals surface area contributed by atoms with Crippen LogP contribution in [0.1, 0.15) is 31.2 Å². The monoisotopic (exact) mass is 420 g/mol. The molecular weight excluding hydrogens is 391 g/mol. The Morgan fingerprint density at radius 1 is 1.20 bits per heavy atom. The number of amides is 1. The van der Waals surface area contributed by atoms with Crippen molar-refractivity contribution in [2.45, 2.75) is 32.3 Å². The van der Waals surface area contributed by atoms with E-state index in [-0.39, 0.29) is 30.3 Å². The average Bonchev–Trinajstić information content (AvgIpc) is 2.73. The molecule has 2 aliphatic heterocycles. The molecule has 0 radical (unpaired) electrons. The van der Waals surface area contributed by atoms with Gasteiger partial charge in [0.2, 0.25) is 5.91 Å². The largest absolute Gasteiger partial charge is 0.460 e. The van der Waals surface area contributed by atoms with Gasteiger partial charge in [0, 0.05) is 51.4 Å². The van der Waals surface area contributed by atoms with E-state index in [1.165, 1.54) is 0 Å². The van der Waals surface area contributed by atoms with Gasteiger partial charge >= 0.3 is 5.97 Å². The number of hydrogen-bond acceptors (Lipinski definition) is 6. The second-order valence-corrected chi connectivity index (χ2v) is 7.74. The van der Waals surface area contributed by atoms with Crippen LogP contribution in [0.4, 0.5) is 10.1 Å². The first-order valence-corrected chi connectivity index (χ1v) is 10.3. The van der Waals surface area contributed by atoms with E-state index in [4.69, 9.17) is 20.6 Å². The minimum Gasteiger partial charge on any atom is -0.460 e. The molecule has 1 amide bonds. The lowest BCUT2D eigenvalue weighted by atomic mass is 9.96. The molecule has 0 atom stereocenters. The zero-order valence-corrected chi connectivity index (χ0v) is 17.1. The topological polar surface area (TPSA) is 109 Å². The molecule has 164 valence electrons. The average molecular weight is 420 g/mol. The minimum absolute atomic E-state index is 0.160. The van der Waals surface area contributed by atoms with Crippen molar-refractivity contribution < 1.29 is 23.5 Å². The number of esters is 1. The first-order chi connectivity index (χ1) is 14.4. The SMILES string of the molecule is N=C(N)CC(=O)OCc1cccc(N2CCN(C(=O)CC3CCOCC3)CC2)c1F. The fraction of sp³-hybridized carbons (Fsp3) is 0.571. The van der Waals surface area contributed by atoms with Gasteiger partial charge in [-0.2, -0.15) is 0 Å². The standard InChI is InChI=1S/C21H29FN4O4/c22-21-16(14-30-20(28)13-18(23)24)2-1-3-17(21)25-6-8-26(9-7-25)19(27)12-15-4-10-29-11-5-15/h1-3,15H,4-14H2,(H3,23,24). The molecule has 30 heavy (non-hydrogen) atoms. The van der Waals surface area contributed by atoms with Gasteiger partial charge in [-0.15, -0.1) is 0 Å². The highest BCUT2D eigenvalue weighted by molar-refractivity contribution is 5.94. The van der Waals surface area contributed by atoms with Gasteiger partial charge in [0.25, 0.3) is 0 Å². The van der Waals surface area contributed by atoms with E-state index in [2.05, 4.69) is 0 Å². The van der Waals surface area contributed by atoms with Crippen LogP contribution in [-0.2, 0) is 25.7 Å². The molecule has 0 aromatic heterocycles. The normalized spacial score (nSPS) is 17.6. The van der Waals surface area contributed by atoms with Gasteiger partial charge < -0.3 is 25.0 Å². The smallest absolute Gasteiger partial charge is 0.313 e. The number of amidine groups is 1. The number of halogens is 1. The summed E-state index contributed by atoms with van der Waals surface area (Å²) < 4.78 is 25.3. The van der Waals surface area contributed by atoms with Gasteiger partial charge in [0.05, 0.1) is 5.69 Å². The number of ether oxygens (including phenoxy) is 2. The summed E-state index contributed by atoms with van der Waals surface area (Å²) in [7, 11) is 0. The summed E-state index contributed by atoms with van der Waals surface area (Å²) in [5, 5.41) is 7.10. The zero-order valence-electron chi connectivity index (χ0n) is 17.1. The lowest BCUT2D eigenvalue weighted by Gasteiger charge is -2.37. The molecule has 9 heteroatoms. The van der Waals surface area contributed by atoms with Gasteiger partial charge in [0.1, 0.15) is 18.9 Å². The van der Waals surface area contributed by atoms with Crippen molar-refractivity contribution in [2.75, 3.05) is 44.3 Å². The van der Waals surface area contributed by atoms with Gasteiger partial charge in [-0.1, -0.05) is 12.1 Å². The number of hydrogen-bond donors (Lipinski definition) is 2. The molecule has 3 rings (SSSR count). The molecule has 0 unspecified atom stereocenters. The Balaban J connectivity index is 1.53. The number of nitrogens with zero attached hydrogens (tertiary/aromatic N) is 2. The molecule has 8 nitrogen and oxygen atoms in total. The van der Waals surface area contributed by atoms with Crippen molar-refractivity contribution in [3.05, 3.63) is 29.6 Å². The number of benzene rings is 1. The summed E-state index contributed by atoms with van der Waals surface area (Å²) in [5.41, 5.74) is 5.87. The van der Waals surface area contributed by atoms with Crippen molar-refractivity contribution in [2.24, 2.45) is 11.7 Å². The highest BCUT2D eigenvalue weighted by Gasteiger charge is 2.26. The lowest BCUT2D eigenvalue weighted by molar-refractivity contribution is -0.143. The van der Waals surface area contributed by atoms with Crippen molar-refractivity contribution in [3.63, 3.8) is 0 Å². The van der Waals surface area contributed by atoms with Crippen LogP contribution >= 0.6 is 0 Å².